The lowest BCUT2D eigenvalue weighted by Crippen LogP contribution is -2.37. The molecule has 0 spiro atoms. The standard InChI is InChI=1S/C32H38N4O3/c1-21(2)14-15-33-19-23-8-6-9-24(16-23)25-12-13-29-28(18-25)32(38)36(20-30(37)34-22(3)4)31(35-29)26-10-7-11-27(17-26)39-5/h6-13,16-18,21-22,33H,14-15,19-20H2,1-5H3,(H,34,37). The lowest BCUT2D eigenvalue weighted by molar-refractivity contribution is -0.122. The van der Waals surface area contributed by atoms with Gasteiger partial charge in [0.2, 0.25) is 5.91 Å². The van der Waals surface area contributed by atoms with Gasteiger partial charge < -0.3 is 15.4 Å². The summed E-state index contributed by atoms with van der Waals surface area (Å²) < 4.78 is 6.84. The van der Waals surface area contributed by atoms with Gasteiger partial charge in [-0.1, -0.05) is 50.2 Å². The van der Waals surface area contributed by atoms with Gasteiger partial charge in [0.15, 0.2) is 0 Å². The molecule has 0 aliphatic carbocycles. The van der Waals surface area contributed by atoms with Crippen LogP contribution in [0.2, 0.25) is 0 Å². The van der Waals surface area contributed by atoms with Gasteiger partial charge in [-0.05, 0) is 79.8 Å². The maximum atomic E-state index is 13.9. The minimum atomic E-state index is -0.259. The number of methoxy groups -OCH3 is 1. The highest BCUT2D eigenvalue weighted by Gasteiger charge is 2.17. The van der Waals surface area contributed by atoms with Crippen molar-refractivity contribution in [3.05, 3.63) is 82.6 Å². The molecule has 4 aromatic rings. The van der Waals surface area contributed by atoms with Crippen molar-refractivity contribution >= 4 is 16.8 Å². The number of hydrogen-bond donors (Lipinski definition) is 2. The van der Waals surface area contributed by atoms with E-state index in [1.165, 1.54) is 10.1 Å². The van der Waals surface area contributed by atoms with Crippen molar-refractivity contribution < 1.29 is 9.53 Å². The van der Waals surface area contributed by atoms with Crippen molar-refractivity contribution in [1.82, 2.24) is 20.2 Å². The normalized spacial score (nSPS) is 11.4. The van der Waals surface area contributed by atoms with Gasteiger partial charge >= 0.3 is 0 Å². The summed E-state index contributed by atoms with van der Waals surface area (Å²) in [5.41, 5.74) is 4.16. The molecule has 0 atom stereocenters. The molecule has 0 aliphatic rings. The Morgan fingerprint density at radius 3 is 2.44 bits per heavy atom. The van der Waals surface area contributed by atoms with Crippen molar-refractivity contribution in [3.8, 4) is 28.3 Å². The van der Waals surface area contributed by atoms with Crippen LogP contribution < -0.4 is 20.9 Å². The molecular weight excluding hydrogens is 488 g/mol. The number of hydrogen-bond acceptors (Lipinski definition) is 5. The summed E-state index contributed by atoms with van der Waals surface area (Å²) in [6.07, 6.45) is 1.14. The molecular formula is C32H38N4O3. The number of benzene rings is 3. The molecule has 39 heavy (non-hydrogen) atoms. The highest BCUT2D eigenvalue weighted by Crippen LogP contribution is 2.27. The Morgan fingerprint density at radius 2 is 1.69 bits per heavy atom. The summed E-state index contributed by atoms with van der Waals surface area (Å²) in [6, 6.07) is 21.4. The van der Waals surface area contributed by atoms with Crippen molar-refractivity contribution in [2.45, 2.75) is 53.2 Å². The van der Waals surface area contributed by atoms with Gasteiger partial charge in [0.25, 0.3) is 5.56 Å². The molecule has 1 amide bonds. The van der Waals surface area contributed by atoms with Crippen LogP contribution in [0.3, 0.4) is 0 Å². The van der Waals surface area contributed by atoms with Crippen molar-refractivity contribution in [2.75, 3.05) is 13.7 Å². The first kappa shape index (κ1) is 28.0. The van der Waals surface area contributed by atoms with Gasteiger partial charge in [-0.15, -0.1) is 0 Å². The smallest absolute Gasteiger partial charge is 0.262 e. The maximum Gasteiger partial charge on any atom is 0.262 e. The molecule has 204 valence electrons. The summed E-state index contributed by atoms with van der Waals surface area (Å²) in [6.45, 7) is 9.86. The molecule has 0 saturated carbocycles. The number of carbonyl (C=O) groups excluding carboxylic acids is 1. The van der Waals surface area contributed by atoms with E-state index >= 15 is 0 Å². The number of carbonyl (C=O) groups is 1. The molecule has 1 heterocycles. The van der Waals surface area contributed by atoms with Gasteiger partial charge in [0.05, 0.1) is 18.0 Å². The summed E-state index contributed by atoms with van der Waals surface area (Å²) >= 11 is 0. The highest BCUT2D eigenvalue weighted by molar-refractivity contribution is 5.86. The Labute approximate surface area is 230 Å². The largest absolute Gasteiger partial charge is 0.497 e. The summed E-state index contributed by atoms with van der Waals surface area (Å²) in [5.74, 6) is 1.49. The molecule has 7 heteroatoms. The van der Waals surface area contributed by atoms with Crippen molar-refractivity contribution in [1.29, 1.82) is 0 Å². The Balaban J connectivity index is 1.75. The van der Waals surface area contributed by atoms with Crippen LogP contribution in [0.5, 0.6) is 5.75 Å². The molecule has 4 rings (SSSR count). The average molecular weight is 527 g/mol. The SMILES string of the molecule is COc1cccc(-c2nc3ccc(-c4cccc(CNCCC(C)C)c4)cc3c(=O)n2CC(=O)NC(C)C)c1. The van der Waals surface area contributed by atoms with Crippen LogP contribution in [-0.2, 0) is 17.9 Å². The van der Waals surface area contributed by atoms with Crippen molar-refractivity contribution in [3.63, 3.8) is 0 Å². The lowest BCUT2D eigenvalue weighted by Gasteiger charge is -2.16. The van der Waals surface area contributed by atoms with Gasteiger partial charge in [-0.3, -0.25) is 14.2 Å². The number of ether oxygens (including phenoxy) is 1. The molecule has 0 fully saturated rings. The fraction of sp³-hybridized carbons (Fsp3) is 0.344. The van der Waals surface area contributed by atoms with Crippen LogP contribution in [0, 0.1) is 5.92 Å². The highest BCUT2D eigenvalue weighted by atomic mass is 16.5. The van der Waals surface area contributed by atoms with Crippen LogP contribution in [0.15, 0.2) is 71.5 Å². The monoisotopic (exact) mass is 526 g/mol. The van der Waals surface area contributed by atoms with Crippen LogP contribution in [0.25, 0.3) is 33.4 Å². The second-order valence-electron chi connectivity index (χ2n) is 10.6. The van der Waals surface area contributed by atoms with Gasteiger partial charge in [-0.2, -0.15) is 0 Å². The number of nitrogens with one attached hydrogen (secondary N) is 2. The fourth-order valence-corrected chi connectivity index (χ4v) is 4.53. The average Bonchev–Trinajstić information content (AvgIpc) is 2.92. The molecule has 3 aromatic carbocycles. The third kappa shape index (κ3) is 7.12. The molecule has 0 radical (unpaired) electrons. The number of rotatable bonds is 11. The summed E-state index contributed by atoms with van der Waals surface area (Å²) in [4.78, 5) is 31.5. The van der Waals surface area contributed by atoms with E-state index in [1.54, 1.807) is 7.11 Å². The Morgan fingerprint density at radius 1 is 0.949 bits per heavy atom. The molecule has 1 aromatic heterocycles. The fourth-order valence-electron chi connectivity index (χ4n) is 4.53. The van der Waals surface area contributed by atoms with Crippen LogP contribution in [0.4, 0.5) is 0 Å². The minimum absolute atomic E-state index is 0.0411. The number of aromatic nitrogens is 2. The molecule has 0 saturated heterocycles. The van der Waals surface area contributed by atoms with E-state index < -0.39 is 0 Å². The van der Waals surface area contributed by atoms with Crippen LogP contribution in [-0.4, -0.2) is 35.2 Å². The van der Waals surface area contributed by atoms with E-state index in [9.17, 15) is 9.59 Å². The third-order valence-electron chi connectivity index (χ3n) is 6.52. The Bertz CT molecular complexity index is 1510. The zero-order chi connectivity index (χ0) is 27.9. The second-order valence-corrected chi connectivity index (χ2v) is 10.6. The Kier molecular flexibility index (Phi) is 9.15. The maximum absolute atomic E-state index is 13.9. The summed E-state index contributed by atoms with van der Waals surface area (Å²) in [5, 5.41) is 6.86. The minimum Gasteiger partial charge on any atom is -0.497 e. The zero-order valence-corrected chi connectivity index (χ0v) is 23.5. The molecule has 0 aliphatic heterocycles. The van der Waals surface area contributed by atoms with Gasteiger partial charge in [-0.25, -0.2) is 4.98 Å². The van der Waals surface area contributed by atoms with Crippen molar-refractivity contribution in [2.24, 2.45) is 5.92 Å². The van der Waals surface area contributed by atoms with Gasteiger partial charge in [0, 0.05) is 18.2 Å². The third-order valence-corrected chi connectivity index (χ3v) is 6.52. The predicted molar refractivity (Wildman–Crippen MR) is 158 cm³/mol. The Hall–Kier alpha value is -3.97. The van der Waals surface area contributed by atoms with E-state index in [4.69, 9.17) is 9.72 Å². The quantitative estimate of drug-likeness (QED) is 0.256. The van der Waals surface area contributed by atoms with Crippen LogP contribution in [0.1, 0.15) is 39.7 Å². The first-order valence-corrected chi connectivity index (χ1v) is 13.5. The van der Waals surface area contributed by atoms with E-state index in [0.717, 1.165) is 30.6 Å². The van der Waals surface area contributed by atoms with E-state index in [0.29, 0.717) is 34.0 Å². The molecule has 0 bridgehead atoms. The lowest BCUT2D eigenvalue weighted by atomic mass is 10.0. The van der Waals surface area contributed by atoms with Gasteiger partial charge in [0.1, 0.15) is 18.1 Å². The molecule has 2 N–H and O–H groups in total. The van der Waals surface area contributed by atoms with E-state index in [2.05, 4.69) is 36.6 Å². The zero-order valence-electron chi connectivity index (χ0n) is 23.5. The predicted octanol–water partition coefficient (Wildman–Crippen LogP) is 5.40. The first-order chi connectivity index (χ1) is 18.7. The summed E-state index contributed by atoms with van der Waals surface area (Å²) in [7, 11) is 1.59. The van der Waals surface area contributed by atoms with E-state index in [-0.39, 0.29) is 24.1 Å². The first-order valence-electron chi connectivity index (χ1n) is 13.5. The number of fused-ring (bicyclic) bond motifs is 1. The number of nitrogens with zero attached hydrogens (tertiary/aromatic N) is 2. The molecule has 0 unspecified atom stereocenters. The van der Waals surface area contributed by atoms with E-state index in [1.807, 2.05) is 68.4 Å². The molecule has 7 nitrogen and oxygen atoms in total. The van der Waals surface area contributed by atoms with Crippen LogP contribution >= 0.6 is 0 Å². The number of amides is 1. The topological polar surface area (TPSA) is 85.2 Å². The second kappa shape index (κ2) is 12.7.